The number of benzene rings is 2. The van der Waals surface area contributed by atoms with E-state index in [9.17, 15) is 4.79 Å². The van der Waals surface area contributed by atoms with Crippen LogP contribution < -0.4 is 16.0 Å². The van der Waals surface area contributed by atoms with Crippen LogP contribution in [0.2, 0.25) is 0 Å². The zero-order chi connectivity index (χ0) is 16.2. The van der Waals surface area contributed by atoms with Crippen molar-refractivity contribution < 1.29 is 4.79 Å². The maximum atomic E-state index is 12.2. The second kappa shape index (κ2) is 7.04. The summed E-state index contributed by atoms with van der Waals surface area (Å²) in [6.07, 6.45) is 1.37. The van der Waals surface area contributed by atoms with Gasteiger partial charge in [0.05, 0.1) is 6.42 Å². The first-order valence-electron chi connectivity index (χ1n) is 7.74. The van der Waals surface area contributed by atoms with E-state index in [1.165, 1.54) is 5.69 Å². The first kappa shape index (κ1) is 15.9. The van der Waals surface area contributed by atoms with E-state index < -0.39 is 0 Å². The third-order valence-corrected chi connectivity index (χ3v) is 4.62. The summed E-state index contributed by atoms with van der Waals surface area (Å²) in [5.74, 6) is 0.0671. The highest BCUT2D eigenvalue weighted by Gasteiger charge is 2.24. The molecule has 23 heavy (non-hydrogen) atoms. The number of hydrogen-bond donors (Lipinski definition) is 2. The molecule has 2 aromatic carbocycles. The van der Waals surface area contributed by atoms with Crippen LogP contribution in [0.5, 0.6) is 0 Å². The Hall–Kier alpha value is -2.01. The van der Waals surface area contributed by atoms with Crippen LogP contribution in [0.4, 0.5) is 11.4 Å². The molecule has 1 heterocycles. The van der Waals surface area contributed by atoms with E-state index in [0.29, 0.717) is 6.42 Å². The van der Waals surface area contributed by atoms with Gasteiger partial charge in [0.2, 0.25) is 5.91 Å². The molecular weight excluding hydrogens is 354 g/mol. The zero-order valence-corrected chi connectivity index (χ0v) is 14.4. The minimum atomic E-state index is 0.0671. The highest BCUT2D eigenvalue weighted by molar-refractivity contribution is 9.10. The largest absolute Gasteiger partial charge is 0.399 e. The molecule has 0 aromatic heterocycles. The van der Waals surface area contributed by atoms with Crippen LogP contribution in [-0.4, -0.2) is 25.0 Å². The molecule has 0 aliphatic carbocycles. The number of nitrogen functional groups attached to an aromatic ring is 1. The first-order valence-corrected chi connectivity index (χ1v) is 8.54. The summed E-state index contributed by atoms with van der Waals surface area (Å²) in [5.41, 5.74) is 8.56. The fourth-order valence-corrected chi connectivity index (χ4v) is 3.13. The summed E-state index contributed by atoms with van der Waals surface area (Å²) in [7, 11) is 0. The van der Waals surface area contributed by atoms with Crippen molar-refractivity contribution in [2.24, 2.45) is 0 Å². The van der Waals surface area contributed by atoms with Crippen molar-refractivity contribution in [3.05, 3.63) is 58.6 Å². The lowest BCUT2D eigenvalue weighted by molar-refractivity contribution is -0.121. The van der Waals surface area contributed by atoms with Crippen molar-refractivity contribution in [3.63, 3.8) is 0 Å². The van der Waals surface area contributed by atoms with E-state index in [0.717, 1.165) is 35.2 Å². The van der Waals surface area contributed by atoms with Gasteiger partial charge in [-0.1, -0.05) is 28.1 Å². The van der Waals surface area contributed by atoms with E-state index in [4.69, 9.17) is 5.73 Å². The maximum absolute atomic E-state index is 12.2. The van der Waals surface area contributed by atoms with Gasteiger partial charge < -0.3 is 16.0 Å². The van der Waals surface area contributed by atoms with Crippen molar-refractivity contribution in [2.75, 3.05) is 23.7 Å². The predicted octanol–water partition coefficient (Wildman–Crippen LogP) is 2.97. The standard InChI is InChI=1S/C18H20BrN3O/c19-14-3-7-17(8-4-14)22-10-9-16(12-22)21-18(23)11-13-1-5-15(20)6-2-13/h1-8,16H,9-12,20H2,(H,21,23). The minimum Gasteiger partial charge on any atom is -0.399 e. The fraction of sp³-hybridized carbons (Fsp3) is 0.278. The Bertz CT molecular complexity index is 670. The lowest BCUT2D eigenvalue weighted by atomic mass is 10.1. The zero-order valence-electron chi connectivity index (χ0n) is 12.8. The Kier molecular flexibility index (Phi) is 4.86. The number of nitrogens with zero attached hydrogens (tertiary/aromatic N) is 1. The number of nitrogens with two attached hydrogens (primary N) is 1. The van der Waals surface area contributed by atoms with Crippen molar-refractivity contribution in [3.8, 4) is 0 Å². The monoisotopic (exact) mass is 373 g/mol. The van der Waals surface area contributed by atoms with E-state index >= 15 is 0 Å². The van der Waals surface area contributed by atoms with Gasteiger partial charge in [-0.15, -0.1) is 0 Å². The number of nitrogens with one attached hydrogen (secondary N) is 1. The highest BCUT2D eigenvalue weighted by atomic mass is 79.9. The summed E-state index contributed by atoms with van der Waals surface area (Å²) in [5, 5.41) is 3.13. The summed E-state index contributed by atoms with van der Waals surface area (Å²) >= 11 is 3.45. The molecule has 2 aromatic rings. The van der Waals surface area contributed by atoms with Crippen molar-refractivity contribution in [1.29, 1.82) is 0 Å². The van der Waals surface area contributed by atoms with Gasteiger partial charge in [0.25, 0.3) is 0 Å². The molecule has 1 fully saturated rings. The normalized spacial score (nSPS) is 17.3. The smallest absolute Gasteiger partial charge is 0.224 e. The van der Waals surface area contributed by atoms with E-state index in [1.54, 1.807) is 0 Å². The first-order chi connectivity index (χ1) is 11.1. The Morgan fingerprint density at radius 1 is 1.17 bits per heavy atom. The van der Waals surface area contributed by atoms with Gasteiger partial charge in [-0.05, 0) is 48.4 Å². The number of anilines is 2. The van der Waals surface area contributed by atoms with Gasteiger partial charge in [-0.25, -0.2) is 0 Å². The molecule has 120 valence electrons. The predicted molar refractivity (Wildman–Crippen MR) is 97.5 cm³/mol. The minimum absolute atomic E-state index is 0.0671. The highest BCUT2D eigenvalue weighted by Crippen LogP contribution is 2.22. The SMILES string of the molecule is Nc1ccc(CC(=O)NC2CCN(c3ccc(Br)cc3)C2)cc1. The molecule has 1 aliphatic heterocycles. The van der Waals surface area contributed by atoms with Gasteiger partial charge in [0.15, 0.2) is 0 Å². The van der Waals surface area contributed by atoms with Gasteiger partial charge in [0.1, 0.15) is 0 Å². The number of amides is 1. The van der Waals surface area contributed by atoms with Crippen LogP contribution in [0.1, 0.15) is 12.0 Å². The lowest BCUT2D eigenvalue weighted by Crippen LogP contribution is -2.37. The van der Waals surface area contributed by atoms with Crippen molar-refractivity contribution in [2.45, 2.75) is 18.9 Å². The molecule has 0 bridgehead atoms. The molecule has 3 N–H and O–H groups in total. The summed E-state index contributed by atoms with van der Waals surface area (Å²) in [4.78, 5) is 14.5. The number of carbonyl (C=O) groups excluding carboxylic acids is 1. The van der Waals surface area contributed by atoms with Crippen LogP contribution in [0.25, 0.3) is 0 Å². The molecule has 1 saturated heterocycles. The Morgan fingerprint density at radius 2 is 1.87 bits per heavy atom. The topological polar surface area (TPSA) is 58.4 Å². The van der Waals surface area contributed by atoms with E-state index in [-0.39, 0.29) is 11.9 Å². The number of hydrogen-bond acceptors (Lipinski definition) is 3. The Morgan fingerprint density at radius 3 is 2.57 bits per heavy atom. The van der Waals surface area contributed by atoms with Gasteiger partial charge >= 0.3 is 0 Å². The molecular formula is C18H20BrN3O. The molecule has 1 atom stereocenters. The molecule has 5 heteroatoms. The summed E-state index contributed by atoms with van der Waals surface area (Å²) in [6.45, 7) is 1.82. The number of rotatable bonds is 4. The number of halogens is 1. The fourth-order valence-electron chi connectivity index (χ4n) is 2.86. The van der Waals surface area contributed by atoms with E-state index in [1.807, 2.05) is 36.4 Å². The van der Waals surface area contributed by atoms with Crippen LogP contribution >= 0.6 is 15.9 Å². The molecule has 1 amide bonds. The third-order valence-electron chi connectivity index (χ3n) is 4.09. The average molecular weight is 374 g/mol. The quantitative estimate of drug-likeness (QED) is 0.809. The van der Waals surface area contributed by atoms with Crippen LogP contribution in [0, 0.1) is 0 Å². The summed E-state index contributed by atoms with van der Waals surface area (Å²) in [6, 6.07) is 16.0. The molecule has 4 nitrogen and oxygen atoms in total. The van der Waals surface area contributed by atoms with Gasteiger partial charge in [-0.3, -0.25) is 4.79 Å². The maximum Gasteiger partial charge on any atom is 0.224 e. The molecule has 0 saturated carbocycles. The third kappa shape index (κ3) is 4.26. The van der Waals surface area contributed by atoms with Gasteiger partial charge in [-0.2, -0.15) is 0 Å². The molecule has 3 rings (SSSR count). The molecule has 1 unspecified atom stereocenters. The molecule has 1 aliphatic rings. The molecule has 0 spiro atoms. The van der Waals surface area contributed by atoms with Crippen molar-refractivity contribution in [1.82, 2.24) is 5.32 Å². The molecule has 0 radical (unpaired) electrons. The van der Waals surface area contributed by atoms with Gasteiger partial charge in [0, 0.05) is 35.0 Å². The van der Waals surface area contributed by atoms with Crippen LogP contribution in [-0.2, 0) is 11.2 Å². The lowest BCUT2D eigenvalue weighted by Gasteiger charge is -2.19. The number of carbonyl (C=O) groups is 1. The van der Waals surface area contributed by atoms with Crippen molar-refractivity contribution >= 4 is 33.2 Å². The average Bonchev–Trinajstić information content (AvgIpc) is 2.98. The summed E-state index contributed by atoms with van der Waals surface area (Å²) < 4.78 is 1.08. The van der Waals surface area contributed by atoms with E-state index in [2.05, 4.69) is 38.3 Å². The van der Waals surface area contributed by atoms with Crippen LogP contribution in [0.15, 0.2) is 53.0 Å². The Labute approximate surface area is 144 Å². The second-order valence-corrected chi connectivity index (χ2v) is 6.81. The second-order valence-electron chi connectivity index (χ2n) is 5.89. The van der Waals surface area contributed by atoms with Crippen LogP contribution in [0.3, 0.4) is 0 Å². The Balaban J connectivity index is 1.52.